The van der Waals surface area contributed by atoms with E-state index in [0.29, 0.717) is 23.9 Å². The summed E-state index contributed by atoms with van der Waals surface area (Å²) < 4.78 is 30.1. The number of hydrogen-bond donors (Lipinski definition) is 1. The van der Waals surface area contributed by atoms with E-state index in [2.05, 4.69) is 105 Å². The number of rotatable bonds is 48. The Hall–Kier alpha value is -3.07. The zero-order valence-electron chi connectivity index (χ0n) is 45.0. The van der Waals surface area contributed by atoms with Crippen molar-refractivity contribution in [3.63, 3.8) is 0 Å². The largest absolute Gasteiger partial charge is 0.756 e. The molecule has 0 radical (unpaired) electrons. The van der Waals surface area contributed by atoms with Gasteiger partial charge < -0.3 is 28.5 Å². The van der Waals surface area contributed by atoms with Crippen molar-refractivity contribution in [3.05, 3.63) is 97.2 Å². The standard InChI is InChI=1S/C59H103N2O7P/c1-7-10-13-16-19-22-25-28-29-30-31-34-36-39-42-45-48-51-58(62)60-56(55-67-69(64,65)66-54-53-61(4,5)6)57(50-47-44-41-38-35-32-26-23-20-17-14-11-8-2)68-59(63)52-49-46-43-40-37-33-27-24-21-18-15-12-9-3/h12,15,18-19,21-22,24,27-29,31,34,39,42,47,50,56-57H,7-11,13-14,16-17,20,23,25-26,30,32-33,35-38,40-41,43-46,48-49,51-55H2,1-6H3,(H-,60,62,64,65)/b15-12+,21-18+,22-19-,27-24-,29-28-,34-31-,42-39-,50-47-. The van der Waals surface area contributed by atoms with E-state index >= 15 is 0 Å². The smallest absolute Gasteiger partial charge is 0.306 e. The number of hydrogen-bond acceptors (Lipinski definition) is 7. The van der Waals surface area contributed by atoms with Crippen LogP contribution in [0.15, 0.2) is 97.2 Å². The van der Waals surface area contributed by atoms with Crippen molar-refractivity contribution >= 4 is 19.7 Å². The summed E-state index contributed by atoms with van der Waals surface area (Å²) in [7, 11) is 1.12. The molecule has 0 aromatic carbocycles. The quantitative estimate of drug-likeness (QED) is 0.0161. The predicted octanol–water partition coefficient (Wildman–Crippen LogP) is 15.8. The van der Waals surface area contributed by atoms with Crippen LogP contribution in [-0.4, -0.2) is 69.4 Å². The number of allylic oxidation sites excluding steroid dienone is 15. The molecule has 1 N–H and O–H groups in total. The molecule has 3 atom stereocenters. The summed E-state index contributed by atoms with van der Waals surface area (Å²) in [6.07, 6.45) is 63.8. The Balaban J connectivity index is 5.53. The van der Waals surface area contributed by atoms with E-state index in [-0.39, 0.29) is 31.3 Å². The van der Waals surface area contributed by atoms with Gasteiger partial charge in [-0.2, -0.15) is 0 Å². The fourth-order valence-electron chi connectivity index (χ4n) is 7.28. The molecule has 0 aliphatic heterocycles. The highest BCUT2D eigenvalue weighted by Crippen LogP contribution is 2.38. The molecule has 1 amide bonds. The monoisotopic (exact) mass is 983 g/mol. The Morgan fingerprint density at radius 3 is 1.57 bits per heavy atom. The van der Waals surface area contributed by atoms with E-state index in [1.807, 2.05) is 33.3 Å². The van der Waals surface area contributed by atoms with Gasteiger partial charge in [0, 0.05) is 12.8 Å². The predicted molar refractivity (Wildman–Crippen MR) is 293 cm³/mol. The fraction of sp³-hybridized carbons (Fsp3) is 0.695. The van der Waals surface area contributed by atoms with Crippen molar-refractivity contribution in [2.45, 2.75) is 226 Å². The Kier molecular flexibility index (Phi) is 46.4. The van der Waals surface area contributed by atoms with Crippen LogP contribution in [0.4, 0.5) is 0 Å². The van der Waals surface area contributed by atoms with E-state index in [4.69, 9.17) is 13.8 Å². The van der Waals surface area contributed by atoms with Crippen LogP contribution in [0.1, 0.15) is 213 Å². The van der Waals surface area contributed by atoms with Crippen molar-refractivity contribution < 1.29 is 37.3 Å². The second-order valence-corrected chi connectivity index (χ2v) is 20.8. The number of phosphoric acid groups is 1. The molecule has 69 heavy (non-hydrogen) atoms. The average Bonchev–Trinajstić information content (AvgIpc) is 3.31. The summed E-state index contributed by atoms with van der Waals surface area (Å²) in [4.78, 5) is 39.8. The van der Waals surface area contributed by atoms with Crippen molar-refractivity contribution in [2.24, 2.45) is 0 Å². The molecule has 10 heteroatoms. The third-order valence-corrected chi connectivity index (χ3v) is 12.5. The third kappa shape index (κ3) is 49.7. The number of phosphoric ester groups is 1. The molecule has 0 aromatic heterocycles. The first kappa shape index (κ1) is 65.9. The number of esters is 1. The van der Waals surface area contributed by atoms with Crippen molar-refractivity contribution in [2.75, 3.05) is 40.9 Å². The molecule has 0 spiro atoms. The number of carbonyl (C=O) groups is 2. The van der Waals surface area contributed by atoms with Crippen LogP contribution >= 0.6 is 7.82 Å². The summed E-state index contributed by atoms with van der Waals surface area (Å²) >= 11 is 0. The Morgan fingerprint density at radius 1 is 0.536 bits per heavy atom. The summed E-state index contributed by atoms with van der Waals surface area (Å²) in [5, 5.41) is 2.97. The van der Waals surface area contributed by atoms with E-state index in [0.717, 1.165) is 83.5 Å². The second-order valence-electron chi connectivity index (χ2n) is 19.4. The minimum atomic E-state index is -4.72. The number of ether oxygens (including phenoxy) is 1. The third-order valence-electron chi connectivity index (χ3n) is 11.6. The van der Waals surface area contributed by atoms with Gasteiger partial charge in [-0.3, -0.25) is 14.2 Å². The Labute approximate surface area is 424 Å². The lowest BCUT2D eigenvalue weighted by atomic mass is 10.0. The molecule has 0 bridgehead atoms. The second kappa shape index (κ2) is 48.6. The maximum atomic E-state index is 13.4. The van der Waals surface area contributed by atoms with Gasteiger partial charge >= 0.3 is 5.97 Å². The first-order valence-electron chi connectivity index (χ1n) is 27.6. The summed E-state index contributed by atoms with van der Waals surface area (Å²) in [6.45, 7) is 6.60. The number of unbranched alkanes of at least 4 members (excludes halogenated alkanes) is 20. The molecule has 0 saturated heterocycles. The van der Waals surface area contributed by atoms with Crippen LogP contribution in [0.2, 0.25) is 0 Å². The molecule has 0 rings (SSSR count). The maximum absolute atomic E-state index is 13.4. The van der Waals surface area contributed by atoms with Gasteiger partial charge in [0.15, 0.2) is 0 Å². The fourth-order valence-corrected chi connectivity index (χ4v) is 8.00. The number of amides is 1. The SMILES string of the molecule is CC/C=C/C=C/C=C\CCCCCCCC(=O)OC(/C=C\CCCCCCCCCCCCC)C(COP(=O)([O-])OCC[N+](C)(C)C)NC(=O)CCC/C=C\C/C=C\C/C=C\C/C=C\CCCCC. The minimum absolute atomic E-state index is 0.0406. The number of carbonyl (C=O) groups excluding carboxylic acids is 2. The molecule has 0 aromatic rings. The van der Waals surface area contributed by atoms with Crippen LogP contribution < -0.4 is 10.2 Å². The van der Waals surface area contributed by atoms with E-state index < -0.39 is 26.6 Å². The highest BCUT2D eigenvalue weighted by Gasteiger charge is 2.27. The zero-order valence-corrected chi connectivity index (χ0v) is 45.9. The molecular formula is C59H103N2O7P. The van der Waals surface area contributed by atoms with E-state index in [1.165, 1.54) is 83.5 Å². The van der Waals surface area contributed by atoms with Crippen molar-refractivity contribution in [1.82, 2.24) is 5.32 Å². The van der Waals surface area contributed by atoms with Crippen LogP contribution in [0.5, 0.6) is 0 Å². The molecule has 0 fully saturated rings. The van der Waals surface area contributed by atoms with Crippen molar-refractivity contribution in [1.29, 1.82) is 0 Å². The highest BCUT2D eigenvalue weighted by atomic mass is 31.2. The number of nitrogens with one attached hydrogen (secondary N) is 1. The van der Waals surface area contributed by atoms with Gasteiger partial charge in [-0.15, -0.1) is 0 Å². The number of likely N-dealkylation sites (N-methyl/N-ethyl adjacent to an activating group) is 1. The van der Waals surface area contributed by atoms with Crippen LogP contribution in [0, 0.1) is 0 Å². The van der Waals surface area contributed by atoms with Crippen LogP contribution in [-0.2, 0) is 27.9 Å². The molecule has 396 valence electrons. The molecule has 3 unspecified atom stereocenters. The first-order valence-corrected chi connectivity index (χ1v) is 29.0. The lowest BCUT2D eigenvalue weighted by Crippen LogP contribution is -2.47. The summed E-state index contributed by atoms with van der Waals surface area (Å²) in [6, 6.07) is -0.929. The molecular weight excluding hydrogens is 880 g/mol. The minimum Gasteiger partial charge on any atom is -0.756 e. The summed E-state index contributed by atoms with van der Waals surface area (Å²) in [5.74, 6) is -0.638. The zero-order chi connectivity index (χ0) is 50.8. The van der Waals surface area contributed by atoms with E-state index in [9.17, 15) is 19.0 Å². The molecule has 0 saturated carbocycles. The normalized spacial score (nSPS) is 14.6. The van der Waals surface area contributed by atoms with Crippen molar-refractivity contribution in [3.8, 4) is 0 Å². The summed E-state index contributed by atoms with van der Waals surface area (Å²) in [5.41, 5.74) is 0. The highest BCUT2D eigenvalue weighted by molar-refractivity contribution is 7.45. The topological polar surface area (TPSA) is 114 Å². The van der Waals surface area contributed by atoms with Gasteiger partial charge in [-0.1, -0.05) is 208 Å². The lowest BCUT2D eigenvalue weighted by molar-refractivity contribution is -0.870. The average molecular weight is 983 g/mol. The van der Waals surface area contributed by atoms with Gasteiger partial charge in [0.1, 0.15) is 19.3 Å². The van der Waals surface area contributed by atoms with E-state index in [1.54, 1.807) is 6.08 Å². The van der Waals surface area contributed by atoms with Gasteiger partial charge in [0.25, 0.3) is 7.82 Å². The number of quaternary nitrogens is 1. The van der Waals surface area contributed by atoms with Gasteiger partial charge in [0.05, 0.1) is 33.8 Å². The Bertz CT molecular complexity index is 1510. The van der Waals surface area contributed by atoms with Gasteiger partial charge in [0.2, 0.25) is 5.91 Å². The van der Waals surface area contributed by atoms with Crippen LogP contribution in [0.3, 0.4) is 0 Å². The lowest BCUT2D eigenvalue weighted by Gasteiger charge is -2.30. The molecule has 9 nitrogen and oxygen atoms in total. The van der Waals surface area contributed by atoms with Gasteiger partial charge in [-0.25, -0.2) is 0 Å². The Morgan fingerprint density at radius 2 is 1.00 bits per heavy atom. The first-order chi connectivity index (χ1) is 33.4. The van der Waals surface area contributed by atoms with Gasteiger partial charge in [-0.05, 0) is 89.5 Å². The molecule has 0 aliphatic carbocycles. The maximum Gasteiger partial charge on any atom is 0.306 e. The molecule has 0 heterocycles. The van der Waals surface area contributed by atoms with Crippen LogP contribution in [0.25, 0.3) is 0 Å². The molecule has 0 aliphatic rings. The number of nitrogens with zero attached hydrogens (tertiary/aromatic N) is 1.